The summed E-state index contributed by atoms with van der Waals surface area (Å²) in [6, 6.07) is -0.541. The van der Waals surface area contributed by atoms with E-state index in [-0.39, 0.29) is 18.5 Å². The van der Waals surface area contributed by atoms with E-state index in [0.717, 1.165) is 44.9 Å². The smallest absolute Gasteiger partial charge is 0.305 e. The Morgan fingerprint density at radius 2 is 0.617 bits per heavy atom. The minimum Gasteiger partial charge on any atom is -0.466 e. The van der Waals surface area contributed by atoms with Gasteiger partial charge in [-0.2, -0.15) is 0 Å². The van der Waals surface area contributed by atoms with Crippen molar-refractivity contribution in [1.29, 1.82) is 0 Å². The van der Waals surface area contributed by atoms with Crippen molar-refractivity contribution >= 4 is 11.9 Å². The molecule has 1 amide bonds. The lowest BCUT2D eigenvalue weighted by Gasteiger charge is -2.22. The van der Waals surface area contributed by atoms with Crippen molar-refractivity contribution in [3.63, 3.8) is 0 Å². The summed E-state index contributed by atoms with van der Waals surface area (Å²) in [6.07, 6.45) is 89.6. The molecule has 0 rings (SSSR count). The third-order valence-electron chi connectivity index (χ3n) is 17.5. The van der Waals surface area contributed by atoms with Gasteiger partial charge in [0.15, 0.2) is 0 Å². The first-order valence-corrected chi connectivity index (χ1v) is 37.1. The van der Waals surface area contributed by atoms with Crippen LogP contribution in [0.4, 0.5) is 0 Å². The summed E-state index contributed by atoms with van der Waals surface area (Å²) in [7, 11) is 0. The molecule has 0 aliphatic rings. The van der Waals surface area contributed by atoms with Gasteiger partial charge in [-0.05, 0) is 57.8 Å². The fourth-order valence-electron chi connectivity index (χ4n) is 11.9. The van der Waals surface area contributed by atoms with Crippen LogP contribution in [0.2, 0.25) is 0 Å². The lowest BCUT2D eigenvalue weighted by Crippen LogP contribution is -2.45. The summed E-state index contributed by atoms with van der Waals surface area (Å²) >= 11 is 0. The quantitative estimate of drug-likeness (QED) is 0.0320. The molecule has 0 aromatic carbocycles. The third-order valence-corrected chi connectivity index (χ3v) is 17.5. The molecule has 0 aromatic heterocycles. The monoisotopic (exact) mass is 1140 g/mol. The minimum atomic E-state index is -0.664. The lowest BCUT2D eigenvalue weighted by molar-refractivity contribution is -0.143. The van der Waals surface area contributed by atoms with Crippen molar-refractivity contribution in [2.75, 3.05) is 13.2 Å². The van der Waals surface area contributed by atoms with Crippen molar-refractivity contribution in [2.24, 2.45) is 0 Å². The molecule has 0 heterocycles. The second-order valence-corrected chi connectivity index (χ2v) is 25.6. The molecular formula is C75H145NO5. The number of amides is 1. The Labute approximate surface area is 507 Å². The molecule has 0 aliphatic carbocycles. The Morgan fingerprint density at radius 1 is 0.346 bits per heavy atom. The Hall–Kier alpha value is -1.66. The lowest BCUT2D eigenvalue weighted by atomic mass is 10.0. The molecule has 3 N–H and O–H groups in total. The van der Waals surface area contributed by atoms with Crippen LogP contribution < -0.4 is 5.32 Å². The van der Waals surface area contributed by atoms with Gasteiger partial charge in [0.2, 0.25) is 5.91 Å². The number of carbonyl (C=O) groups is 2. The van der Waals surface area contributed by atoms with Gasteiger partial charge in [-0.25, -0.2) is 0 Å². The average molecular weight is 1140 g/mol. The standard InChI is InChI=1S/C75H145NO5/c1-3-5-7-9-11-13-15-17-19-20-34-37-40-43-47-51-55-59-63-67-73(78)72(71-77)76-74(79)68-64-60-56-52-48-44-41-38-35-32-30-28-26-24-22-21-23-25-27-29-31-33-36-39-42-46-50-54-58-62-66-70-81-75(80)69-65-61-57-53-49-45-18-16-14-12-10-8-6-4-2/h23,25,29,31,72-73,77-78H,3-22,24,26-28,30,32-71H2,1-2H3,(H,76,79)/b25-23-,31-29-. The van der Waals surface area contributed by atoms with Crippen LogP contribution in [0.1, 0.15) is 418 Å². The number of aliphatic hydroxyl groups excluding tert-OH is 2. The predicted molar refractivity (Wildman–Crippen MR) is 356 cm³/mol. The second kappa shape index (κ2) is 70.8. The molecule has 480 valence electrons. The molecule has 0 aliphatic heterocycles. The molecule has 0 saturated heterocycles. The van der Waals surface area contributed by atoms with Crippen LogP contribution in [0.25, 0.3) is 0 Å². The maximum absolute atomic E-state index is 12.5. The van der Waals surface area contributed by atoms with Gasteiger partial charge >= 0.3 is 5.97 Å². The first-order valence-electron chi connectivity index (χ1n) is 37.1. The first kappa shape index (κ1) is 79.3. The van der Waals surface area contributed by atoms with E-state index < -0.39 is 12.1 Å². The van der Waals surface area contributed by atoms with Gasteiger partial charge in [0.1, 0.15) is 0 Å². The van der Waals surface area contributed by atoms with Gasteiger partial charge in [-0.15, -0.1) is 0 Å². The van der Waals surface area contributed by atoms with E-state index in [4.69, 9.17) is 4.74 Å². The van der Waals surface area contributed by atoms with Gasteiger partial charge in [0, 0.05) is 12.8 Å². The molecule has 0 aromatic rings. The summed E-state index contributed by atoms with van der Waals surface area (Å²) in [4.78, 5) is 24.6. The number of nitrogens with one attached hydrogen (secondary N) is 1. The highest BCUT2D eigenvalue weighted by atomic mass is 16.5. The van der Waals surface area contributed by atoms with E-state index in [1.807, 2.05) is 0 Å². The molecule has 0 spiro atoms. The Bertz CT molecular complexity index is 1270. The number of aliphatic hydroxyl groups is 2. The van der Waals surface area contributed by atoms with Crippen molar-refractivity contribution in [3.05, 3.63) is 24.3 Å². The zero-order valence-corrected chi connectivity index (χ0v) is 55.0. The number of esters is 1. The molecule has 2 unspecified atom stereocenters. The average Bonchev–Trinajstić information content (AvgIpc) is 3.47. The van der Waals surface area contributed by atoms with E-state index in [9.17, 15) is 19.8 Å². The molecule has 6 heteroatoms. The van der Waals surface area contributed by atoms with Gasteiger partial charge in [-0.3, -0.25) is 9.59 Å². The zero-order valence-electron chi connectivity index (χ0n) is 55.0. The first-order chi connectivity index (χ1) is 40.0. The molecule has 81 heavy (non-hydrogen) atoms. The summed E-state index contributed by atoms with van der Waals surface area (Å²) in [6.45, 7) is 5.00. The summed E-state index contributed by atoms with van der Waals surface area (Å²) in [5.74, 6) is -0.0137. The molecule has 2 atom stereocenters. The molecule has 0 saturated carbocycles. The number of hydrogen-bond donors (Lipinski definition) is 3. The highest BCUT2D eigenvalue weighted by Crippen LogP contribution is 2.19. The van der Waals surface area contributed by atoms with Gasteiger partial charge < -0.3 is 20.3 Å². The molecule has 0 fully saturated rings. The number of ether oxygens (including phenoxy) is 1. The van der Waals surface area contributed by atoms with Crippen LogP contribution in [-0.2, 0) is 14.3 Å². The van der Waals surface area contributed by atoms with E-state index in [2.05, 4.69) is 43.5 Å². The van der Waals surface area contributed by atoms with Crippen molar-refractivity contribution in [3.8, 4) is 0 Å². The molecular weight excluding hydrogens is 995 g/mol. The Balaban J connectivity index is 3.38. The van der Waals surface area contributed by atoms with Crippen LogP contribution >= 0.6 is 0 Å². The summed E-state index contributed by atoms with van der Waals surface area (Å²) in [5, 5.41) is 23.4. The van der Waals surface area contributed by atoms with Crippen LogP contribution in [0, 0.1) is 0 Å². The highest BCUT2D eigenvalue weighted by molar-refractivity contribution is 5.76. The van der Waals surface area contributed by atoms with E-state index in [1.165, 1.54) is 340 Å². The van der Waals surface area contributed by atoms with Crippen LogP contribution in [-0.4, -0.2) is 47.4 Å². The second-order valence-electron chi connectivity index (χ2n) is 25.6. The number of hydrogen-bond acceptors (Lipinski definition) is 5. The van der Waals surface area contributed by atoms with E-state index >= 15 is 0 Å². The maximum atomic E-state index is 12.5. The molecule has 0 radical (unpaired) electrons. The zero-order chi connectivity index (χ0) is 58.5. The third kappa shape index (κ3) is 67.3. The van der Waals surface area contributed by atoms with Crippen LogP contribution in [0.3, 0.4) is 0 Å². The fourth-order valence-corrected chi connectivity index (χ4v) is 11.9. The number of rotatable bonds is 70. The van der Waals surface area contributed by atoms with Gasteiger partial charge in [0.05, 0.1) is 25.4 Å². The minimum absolute atomic E-state index is 0.0163. The van der Waals surface area contributed by atoms with Gasteiger partial charge in [0.25, 0.3) is 0 Å². The van der Waals surface area contributed by atoms with Gasteiger partial charge in [-0.1, -0.05) is 372 Å². The summed E-state index contributed by atoms with van der Waals surface area (Å²) < 4.78 is 5.49. The fraction of sp³-hybridized carbons (Fsp3) is 0.920. The maximum Gasteiger partial charge on any atom is 0.305 e. The SMILES string of the molecule is CCCCCCCCCCCCCCCCCCCCCC(O)C(CO)NC(=O)CCCCCCCCCCCCCCCCC/C=C\C/C=C\CCCCCCCCCCCOC(=O)CCCCCCCCCCCCCCCC. The Kier molecular flexibility index (Phi) is 69.4. The van der Waals surface area contributed by atoms with E-state index in [1.54, 1.807) is 0 Å². The Morgan fingerprint density at radius 3 is 0.938 bits per heavy atom. The van der Waals surface area contributed by atoms with Crippen LogP contribution in [0.15, 0.2) is 24.3 Å². The number of carbonyl (C=O) groups excluding carboxylic acids is 2. The molecule has 0 bridgehead atoms. The van der Waals surface area contributed by atoms with Crippen molar-refractivity contribution in [1.82, 2.24) is 5.32 Å². The number of allylic oxidation sites excluding steroid dienone is 4. The summed E-state index contributed by atoms with van der Waals surface area (Å²) in [5.41, 5.74) is 0. The van der Waals surface area contributed by atoms with Crippen LogP contribution in [0.5, 0.6) is 0 Å². The van der Waals surface area contributed by atoms with Crippen molar-refractivity contribution < 1.29 is 24.5 Å². The van der Waals surface area contributed by atoms with E-state index in [0.29, 0.717) is 25.9 Å². The molecule has 6 nitrogen and oxygen atoms in total. The topological polar surface area (TPSA) is 95.9 Å². The predicted octanol–water partition coefficient (Wildman–Crippen LogP) is 24.1. The van der Waals surface area contributed by atoms with Crippen molar-refractivity contribution in [2.45, 2.75) is 431 Å². The largest absolute Gasteiger partial charge is 0.466 e. The highest BCUT2D eigenvalue weighted by Gasteiger charge is 2.20. The number of unbranched alkanes of at least 4 members (excludes halogenated alkanes) is 55. The normalized spacial score (nSPS) is 12.6.